The lowest BCUT2D eigenvalue weighted by Crippen LogP contribution is -2.35. The average molecular weight is 176 g/mol. The van der Waals surface area contributed by atoms with E-state index in [2.05, 4.69) is 19.0 Å². The lowest BCUT2D eigenvalue weighted by atomic mass is 10.4. The van der Waals surface area contributed by atoms with Crippen LogP contribution in [0.4, 0.5) is 0 Å². The molecule has 0 aromatic rings. The summed E-state index contributed by atoms with van der Waals surface area (Å²) in [5.74, 6) is 0. The number of hydrogen-bond acceptors (Lipinski definition) is 2. The van der Waals surface area contributed by atoms with Crippen molar-refractivity contribution in [1.82, 2.24) is 0 Å². The molecule has 1 saturated heterocycles. The Bertz CT molecular complexity index is 96.3. The summed E-state index contributed by atoms with van der Waals surface area (Å²) in [5.41, 5.74) is 0. The lowest BCUT2D eigenvalue weighted by Gasteiger charge is -2.29. The fourth-order valence-corrected chi connectivity index (χ4v) is 5.49. The van der Waals surface area contributed by atoms with E-state index in [-0.39, 0.29) is 0 Å². The van der Waals surface area contributed by atoms with E-state index >= 15 is 0 Å². The first kappa shape index (κ1) is 8.62. The van der Waals surface area contributed by atoms with Gasteiger partial charge in [0, 0.05) is 6.61 Å². The van der Waals surface area contributed by atoms with Gasteiger partial charge in [-0.1, -0.05) is 19.8 Å². The molecule has 0 aromatic heterocycles. The van der Waals surface area contributed by atoms with Gasteiger partial charge in [0.15, 0.2) is 0 Å². The summed E-state index contributed by atoms with van der Waals surface area (Å²) in [4.78, 5) is 0. The Morgan fingerprint density at radius 3 is 2.80 bits per heavy atom. The largest absolute Gasteiger partial charge is 0.407 e. The molecule has 0 aliphatic carbocycles. The second kappa shape index (κ2) is 3.79. The fourth-order valence-electron chi connectivity index (χ4n) is 1.43. The van der Waals surface area contributed by atoms with Gasteiger partial charge in [-0.15, -0.1) is 0 Å². The third-order valence-corrected chi connectivity index (χ3v) is 6.86. The van der Waals surface area contributed by atoms with Gasteiger partial charge in [-0.05, 0) is 18.5 Å². The predicted octanol–water partition coefficient (Wildman–Crippen LogP) is 2.58. The van der Waals surface area contributed by atoms with Crippen molar-refractivity contribution in [3.8, 4) is 0 Å². The zero-order valence-electron chi connectivity index (χ0n) is 6.60. The summed E-state index contributed by atoms with van der Waals surface area (Å²) in [6.45, 7) is 3.18. The van der Waals surface area contributed by atoms with Crippen molar-refractivity contribution in [2.24, 2.45) is 0 Å². The number of hydrogen-bond donors (Lipinski definition) is 1. The summed E-state index contributed by atoms with van der Waals surface area (Å²) in [5, 5.41) is 0. The molecule has 1 unspecified atom stereocenters. The van der Waals surface area contributed by atoms with Gasteiger partial charge in [0.05, 0.1) is 0 Å². The molecule has 60 valence electrons. The zero-order chi connectivity index (χ0) is 7.45. The molecule has 0 saturated carbocycles. The molecule has 0 N–H and O–H groups in total. The fraction of sp³-hybridized carbons (Fsp3) is 1.00. The molecule has 3 heteroatoms. The van der Waals surface area contributed by atoms with E-state index < -0.39 is 7.47 Å². The molecule has 0 radical (unpaired) electrons. The molecule has 1 nitrogen and oxygen atoms in total. The molecule has 0 spiro atoms. The first-order valence-electron chi connectivity index (χ1n) is 4.13. The van der Waals surface area contributed by atoms with Crippen LogP contribution in [0, 0.1) is 0 Å². The molecular formula is C7H16OSSi. The summed E-state index contributed by atoms with van der Waals surface area (Å²) in [7, 11) is -1.44. The van der Waals surface area contributed by atoms with Crippen LogP contribution >= 0.6 is 12.1 Å². The molecule has 1 heterocycles. The van der Waals surface area contributed by atoms with E-state index in [9.17, 15) is 0 Å². The standard InChI is InChI=1S/C7H16OSSi/c1-2-6-10(9)7-4-3-5-8-10/h9H,2-7H2,1H3. The molecule has 1 fully saturated rings. The van der Waals surface area contributed by atoms with Gasteiger partial charge in [0.1, 0.15) is 0 Å². The van der Waals surface area contributed by atoms with Crippen molar-refractivity contribution in [3.05, 3.63) is 0 Å². The monoisotopic (exact) mass is 176 g/mol. The maximum absolute atomic E-state index is 5.71. The van der Waals surface area contributed by atoms with Gasteiger partial charge >= 0.3 is 0 Å². The van der Waals surface area contributed by atoms with Crippen molar-refractivity contribution >= 4 is 19.5 Å². The highest BCUT2D eigenvalue weighted by Crippen LogP contribution is 2.29. The Labute approximate surface area is 69.3 Å². The van der Waals surface area contributed by atoms with E-state index in [4.69, 9.17) is 4.43 Å². The van der Waals surface area contributed by atoms with Crippen LogP contribution < -0.4 is 0 Å². The maximum Gasteiger partial charge on any atom is 0.250 e. The first-order chi connectivity index (χ1) is 4.77. The summed E-state index contributed by atoms with van der Waals surface area (Å²) in [6, 6.07) is 2.50. The number of thiol groups is 1. The minimum Gasteiger partial charge on any atom is -0.407 e. The SMILES string of the molecule is CCC[Si]1(S)CCCCO1. The van der Waals surface area contributed by atoms with E-state index in [1.807, 2.05) is 0 Å². The summed E-state index contributed by atoms with van der Waals surface area (Å²) in [6.07, 6.45) is 3.82. The predicted molar refractivity (Wildman–Crippen MR) is 49.8 cm³/mol. The van der Waals surface area contributed by atoms with Crippen LogP contribution in [-0.4, -0.2) is 14.1 Å². The highest BCUT2D eigenvalue weighted by atomic mass is 32.3. The average Bonchev–Trinajstić information content (AvgIpc) is 1.89. The molecule has 1 atom stereocenters. The van der Waals surface area contributed by atoms with Crippen LogP contribution in [0.5, 0.6) is 0 Å². The van der Waals surface area contributed by atoms with Crippen LogP contribution in [-0.2, 0) is 4.43 Å². The van der Waals surface area contributed by atoms with Crippen molar-refractivity contribution in [1.29, 1.82) is 0 Å². The lowest BCUT2D eigenvalue weighted by molar-refractivity contribution is 0.281. The Kier molecular flexibility index (Phi) is 3.26. The Morgan fingerprint density at radius 2 is 2.30 bits per heavy atom. The smallest absolute Gasteiger partial charge is 0.250 e. The van der Waals surface area contributed by atoms with Gasteiger partial charge in [-0.3, -0.25) is 0 Å². The van der Waals surface area contributed by atoms with Gasteiger partial charge < -0.3 is 4.43 Å². The molecule has 0 bridgehead atoms. The maximum atomic E-state index is 5.71. The minimum atomic E-state index is -1.44. The van der Waals surface area contributed by atoms with Crippen LogP contribution in [0.3, 0.4) is 0 Å². The third kappa shape index (κ3) is 2.29. The van der Waals surface area contributed by atoms with Crippen molar-refractivity contribution in [3.63, 3.8) is 0 Å². The highest BCUT2D eigenvalue weighted by Gasteiger charge is 2.31. The minimum absolute atomic E-state index is 0.968. The van der Waals surface area contributed by atoms with Gasteiger partial charge in [-0.25, -0.2) is 0 Å². The molecule has 1 aliphatic rings. The van der Waals surface area contributed by atoms with E-state index in [0.717, 1.165) is 6.61 Å². The van der Waals surface area contributed by atoms with Crippen LogP contribution in [0.2, 0.25) is 12.1 Å². The molecular weight excluding hydrogens is 160 g/mol. The van der Waals surface area contributed by atoms with Crippen LogP contribution in [0.1, 0.15) is 26.2 Å². The number of rotatable bonds is 2. The van der Waals surface area contributed by atoms with Crippen molar-refractivity contribution < 1.29 is 4.43 Å². The normalized spacial score (nSPS) is 34.2. The van der Waals surface area contributed by atoms with Crippen LogP contribution in [0.15, 0.2) is 0 Å². The topological polar surface area (TPSA) is 9.23 Å². The Balaban J connectivity index is 2.32. The van der Waals surface area contributed by atoms with E-state index in [1.165, 1.54) is 31.4 Å². The van der Waals surface area contributed by atoms with Gasteiger partial charge in [0.2, 0.25) is 0 Å². The molecule has 1 rings (SSSR count). The van der Waals surface area contributed by atoms with Crippen molar-refractivity contribution in [2.75, 3.05) is 6.61 Å². The quantitative estimate of drug-likeness (QED) is 0.502. The molecule has 0 amide bonds. The van der Waals surface area contributed by atoms with E-state index in [0.29, 0.717) is 0 Å². The Hall–Kier alpha value is 0.527. The molecule has 10 heavy (non-hydrogen) atoms. The summed E-state index contributed by atoms with van der Waals surface area (Å²) >= 11 is 4.65. The third-order valence-electron chi connectivity index (χ3n) is 1.97. The highest BCUT2D eigenvalue weighted by molar-refractivity contribution is 8.13. The molecule has 0 aromatic carbocycles. The first-order valence-corrected chi connectivity index (χ1v) is 7.74. The Morgan fingerprint density at radius 1 is 1.50 bits per heavy atom. The second-order valence-electron chi connectivity index (χ2n) is 3.00. The van der Waals surface area contributed by atoms with Crippen molar-refractivity contribution in [2.45, 2.75) is 38.3 Å². The summed E-state index contributed by atoms with van der Waals surface area (Å²) < 4.78 is 5.71. The van der Waals surface area contributed by atoms with E-state index in [1.54, 1.807) is 0 Å². The molecule has 1 aliphatic heterocycles. The van der Waals surface area contributed by atoms with Gasteiger partial charge in [0.25, 0.3) is 7.47 Å². The van der Waals surface area contributed by atoms with Crippen LogP contribution in [0.25, 0.3) is 0 Å². The second-order valence-corrected chi connectivity index (χ2v) is 8.63. The zero-order valence-corrected chi connectivity index (χ0v) is 8.49. The van der Waals surface area contributed by atoms with Gasteiger partial charge in [-0.2, -0.15) is 12.1 Å².